The first kappa shape index (κ1) is 17.4. The third-order valence-electron chi connectivity index (χ3n) is 9.17. The maximum Gasteiger partial charge on any atom is 0.0442 e. The smallest absolute Gasteiger partial charge is 0.0442 e. The van der Waals surface area contributed by atoms with E-state index in [4.69, 9.17) is 0 Å². The van der Waals surface area contributed by atoms with E-state index in [1.165, 1.54) is 12.8 Å². The molecule has 10 unspecified atom stereocenters. The van der Waals surface area contributed by atoms with Crippen LogP contribution in [0, 0.1) is 59.2 Å². The van der Waals surface area contributed by atoms with Crippen LogP contribution in [0.15, 0.2) is 12.7 Å². The molecule has 4 aliphatic carbocycles. The Balaban J connectivity index is 1.45. The molecule has 10 atom stereocenters. The molecule has 4 bridgehead atoms. The molecule has 136 valence electrons. The molecule has 0 nitrogen and oxygen atoms in total. The molecule has 4 fully saturated rings. The number of rotatable bonds is 5. The Morgan fingerprint density at radius 1 is 0.875 bits per heavy atom. The van der Waals surface area contributed by atoms with E-state index >= 15 is 0 Å². The number of fused-ring (bicyclic) bond motifs is 4. The van der Waals surface area contributed by atoms with E-state index in [0.29, 0.717) is 0 Å². The van der Waals surface area contributed by atoms with E-state index in [2.05, 4.69) is 46.1 Å². The monoisotopic (exact) mass is 344 g/mol. The summed E-state index contributed by atoms with van der Waals surface area (Å²) >= 11 is 0. The molecule has 1 heteroatoms. The lowest BCUT2D eigenvalue weighted by Gasteiger charge is -2.44. The molecule has 24 heavy (non-hydrogen) atoms. The first-order valence-electron chi connectivity index (χ1n) is 10.9. The topological polar surface area (TPSA) is 0 Å². The third kappa shape index (κ3) is 2.68. The zero-order chi connectivity index (χ0) is 17.2. The van der Waals surface area contributed by atoms with Gasteiger partial charge in [0, 0.05) is 8.07 Å². The highest BCUT2D eigenvalue weighted by atomic mass is 28.3. The molecule has 0 aromatic rings. The van der Waals surface area contributed by atoms with Crippen molar-refractivity contribution in [2.45, 2.75) is 71.6 Å². The average molecular weight is 345 g/mol. The number of allylic oxidation sites excluding steroid dienone is 1. The molecule has 0 heterocycles. The summed E-state index contributed by atoms with van der Waals surface area (Å²) in [6, 6.07) is 1.56. The van der Waals surface area contributed by atoms with Gasteiger partial charge in [-0.15, -0.1) is 6.58 Å². The molecule has 0 radical (unpaired) electrons. The molecule has 4 rings (SSSR count). The number of hydrogen-bond acceptors (Lipinski definition) is 0. The van der Waals surface area contributed by atoms with E-state index in [1.807, 2.05) is 0 Å². The highest BCUT2D eigenvalue weighted by Crippen LogP contribution is 2.66. The molecular weight excluding hydrogens is 304 g/mol. The van der Waals surface area contributed by atoms with Gasteiger partial charge in [0.2, 0.25) is 0 Å². The standard InChI is InChI=1S/C23H40Si/c1-7-16-10-18-12-21(16)23(14(18)2)22-15(3)20-13-19(22)11-17(20)8-9-24(4,5)6/h7,14-23H,1,8-13H2,2-6H3. The summed E-state index contributed by atoms with van der Waals surface area (Å²) in [5.41, 5.74) is 0. The lowest BCUT2D eigenvalue weighted by molar-refractivity contribution is 0.0446. The van der Waals surface area contributed by atoms with Gasteiger partial charge in [-0.25, -0.2) is 0 Å². The van der Waals surface area contributed by atoms with Gasteiger partial charge in [0.25, 0.3) is 0 Å². The van der Waals surface area contributed by atoms with Crippen LogP contribution in [0.25, 0.3) is 0 Å². The van der Waals surface area contributed by atoms with Crippen molar-refractivity contribution in [1.29, 1.82) is 0 Å². The molecule has 0 N–H and O–H groups in total. The van der Waals surface area contributed by atoms with Gasteiger partial charge >= 0.3 is 0 Å². The van der Waals surface area contributed by atoms with Crippen molar-refractivity contribution in [3.05, 3.63) is 12.7 Å². The van der Waals surface area contributed by atoms with Crippen LogP contribution in [0.4, 0.5) is 0 Å². The van der Waals surface area contributed by atoms with Gasteiger partial charge in [-0.1, -0.05) is 52.0 Å². The summed E-state index contributed by atoms with van der Waals surface area (Å²) in [6.07, 6.45) is 10.0. The fraction of sp³-hybridized carbons (Fsp3) is 0.913. The van der Waals surface area contributed by atoms with E-state index in [-0.39, 0.29) is 0 Å². The lowest BCUT2D eigenvalue weighted by Crippen LogP contribution is -2.39. The van der Waals surface area contributed by atoms with Crippen LogP contribution < -0.4 is 0 Å². The van der Waals surface area contributed by atoms with Crippen molar-refractivity contribution in [3.63, 3.8) is 0 Å². The van der Waals surface area contributed by atoms with Crippen LogP contribution in [-0.2, 0) is 0 Å². The largest absolute Gasteiger partial charge is 0.103 e. The van der Waals surface area contributed by atoms with Crippen LogP contribution in [0.5, 0.6) is 0 Å². The van der Waals surface area contributed by atoms with E-state index in [1.54, 1.807) is 25.3 Å². The van der Waals surface area contributed by atoms with Crippen LogP contribution in [0.3, 0.4) is 0 Å². The maximum absolute atomic E-state index is 4.18. The van der Waals surface area contributed by atoms with Gasteiger partial charge in [0.1, 0.15) is 0 Å². The molecule has 0 spiro atoms. The average Bonchev–Trinajstić information content (AvgIpc) is 3.23. The summed E-state index contributed by atoms with van der Waals surface area (Å²) in [7, 11) is -0.864. The summed E-state index contributed by atoms with van der Waals surface area (Å²) in [5.74, 6) is 10.2. The zero-order valence-electron chi connectivity index (χ0n) is 16.8. The molecule has 4 saturated carbocycles. The summed E-state index contributed by atoms with van der Waals surface area (Å²) < 4.78 is 0. The predicted octanol–water partition coefficient (Wildman–Crippen LogP) is 6.72. The van der Waals surface area contributed by atoms with E-state index in [9.17, 15) is 0 Å². The van der Waals surface area contributed by atoms with Gasteiger partial charge < -0.3 is 0 Å². The highest BCUT2D eigenvalue weighted by molar-refractivity contribution is 6.76. The summed E-state index contributed by atoms with van der Waals surface area (Å²) in [6.45, 7) is 17.1. The van der Waals surface area contributed by atoms with Gasteiger partial charge in [-0.05, 0) is 84.9 Å². The quantitative estimate of drug-likeness (QED) is 0.384. The predicted molar refractivity (Wildman–Crippen MR) is 108 cm³/mol. The third-order valence-corrected chi connectivity index (χ3v) is 11.0. The molecule has 0 saturated heterocycles. The minimum Gasteiger partial charge on any atom is -0.103 e. The van der Waals surface area contributed by atoms with Crippen molar-refractivity contribution >= 4 is 8.07 Å². The van der Waals surface area contributed by atoms with Crippen molar-refractivity contribution in [2.24, 2.45) is 59.2 Å². The van der Waals surface area contributed by atoms with Gasteiger partial charge in [-0.2, -0.15) is 0 Å². The van der Waals surface area contributed by atoms with Gasteiger partial charge in [-0.3, -0.25) is 0 Å². The first-order valence-corrected chi connectivity index (χ1v) is 14.6. The summed E-state index contributed by atoms with van der Waals surface area (Å²) in [5, 5.41) is 0. The lowest BCUT2D eigenvalue weighted by atomic mass is 9.61. The molecule has 0 aliphatic heterocycles. The second-order valence-electron chi connectivity index (χ2n) is 11.4. The van der Waals surface area contributed by atoms with Crippen LogP contribution in [-0.4, -0.2) is 8.07 Å². The van der Waals surface area contributed by atoms with Crippen molar-refractivity contribution < 1.29 is 0 Å². The van der Waals surface area contributed by atoms with Crippen LogP contribution >= 0.6 is 0 Å². The number of hydrogen-bond donors (Lipinski definition) is 0. The van der Waals surface area contributed by atoms with E-state index < -0.39 is 8.07 Å². The first-order chi connectivity index (χ1) is 11.3. The highest BCUT2D eigenvalue weighted by Gasteiger charge is 2.59. The second-order valence-corrected chi connectivity index (χ2v) is 17.0. The summed E-state index contributed by atoms with van der Waals surface area (Å²) in [4.78, 5) is 0. The van der Waals surface area contributed by atoms with Crippen LogP contribution in [0.2, 0.25) is 25.7 Å². The minimum absolute atomic E-state index is 0.852. The Bertz CT molecular complexity index is 487. The van der Waals surface area contributed by atoms with Gasteiger partial charge in [0.15, 0.2) is 0 Å². The van der Waals surface area contributed by atoms with Crippen molar-refractivity contribution in [2.75, 3.05) is 0 Å². The molecule has 0 amide bonds. The minimum atomic E-state index is -0.864. The molecular formula is C23H40Si. The SMILES string of the molecule is C=CC1CC2CC1C(C1C3CC(CC[Si](C)(C)C)C(C3)C1C)C2C. The molecule has 0 aromatic carbocycles. The molecule has 4 aliphatic rings. The Labute approximate surface area is 151 Å². The maximum atomic E-state index is 4.18. The van der Waals surface area contributed by atoms with Crippen molar-refractivity contribution in [1.82, 2.24) is 0 Å². The van der Waals surface area contributed by atoms with Crippen LogP contribution in [0.1, 0.15) is 46.0 Å². The Morgan fingerprint density at radius 3 is 2.17 bits per heavy atom. The Hall–Kier alpha value is -0.0431. The van der Waals surface area contributed by atoms with Gasteiger partial charge in [0.05, 0.1) is 0 Å². The zero-order valence-corrected chi connectivity index (χ0v) is 17.8. The normalized spacial score (nSPS) is 53.0. The Kier molecular flexibility index (Phi) is 4.34. The van der Waals surface area contributed by atoms with E-state index in [0.717, 1.165) is 59.2 Å². The Morgan fingerprint density at radius 2 is 1.58 bits per heavy atom. The molecule has 0 aromatic heterocycles. The fourth-order valence-corrected chi connectivity index (χ4v) is 9.35. The fourth-order valence-electron chi connectivity index (χ4n) is 8.12. The second kappa shape index (κ2) is 6.00. The van der Waals surface area contributed by atoms with Crippen molar-refractivity contribution in [3.8, 4) is 0 Å².